The number of halogens is 1. The molecule has 1 unspecified atom stereocenters. The van der Waals surface area contributed by atoms with Gasteiger partial charge in [0.2, 0.25) is 0 Å². The van der Waals surface area contributed by atoms with Crippen molar-refractivity contribution in [1.82, 2.24) is 5.32 Å². The first-order valence-corrected chi connectivity index (χ1v) is 7.18. The second-order valence-corrected chi connectivity index (χ2v) is 4.76. The molecular weight excluding hydrogens is 237 g/mol. The van der Waals surface area contributed by atoms with Crippen LogP contribution in [0.2, 0.25) is 0 Å². The molecule has 0 bridgehead atoms. The predicted octanol–water partition coefficient (Wildman–Crippen LogP) is 3.24. The molecule has 0 saturated carbocycles. The normalized spacial score (nSPS) is 12.5. The van der Waals surface area contributed by atoms with Crippen LogP contribution in [0.1, 0.15) is 24.9 Å². The predicted molar refractivity (Wildman–Crippen MR) is 72.4 cm³/mol. The molecule has 1 atom stereocenters. The highest BCUT2D eigenvalue weighted by Gasteiger charge is 2.15. The van der Waals surface area contributed by atoms with E-state index in [9.17, 15) is 4.39 Å². The van der Waals surface area contributed by atoms with Gasteiger partial charge >= 0.3 is 0 Å². The standard InChI is InChI=1S/C13H20FNOS/c1-4-7-15-13(9-17-3)11-6-5-10(16-2)8-12(11)14/h5-6,8,13,15H,4,7,9H2,1-3H3. The quantitative estimate of drug-likeness (QED) is 0.810. The van der Waals surface area contributed by atoms with E-state index in [0.29, 0.717) is 11.3 Å². The summed E-state index contributed by atoms with van der Waals surface area (Å²) < 4.78 is 18.9. The monoisotopic (exact) mass is 257 g/mol. The third kappa shape index (κ3) is 4.21. The third-order valence-electron chi connectivity index (χ3n) is 2.56. The van der Waals surface area contributed by atoms with Gasteiger partial charge in [-0.1, -0.05) is 13.0 Å². The maximum absolute atomic E-state index is 13.9. The molecule has 17 heavy (non-hydrogen) atoms. The van der Waals surface area contributed by atoms with Crippen molar-refractivity contribution in [2.24, 2.45) is 0 Å². The van der Waals surface area contributed by atoms with E-state index in [4.69, 9.17) is 4.74 Å². The zero-order valence-electron chi connectivity index (χ0n) is 10.6. The van der Waals surface area contributed by atoms with Gasteiger partial charge in [-0.05, 0) is 25.3 Å². The minimum absolute atomic E-state index is 0.0656. The number of benzene rings is 1. The number of ether oxygens (including phenoxy) is 1. The number of rotatable bonds is 7. The average Bonchev–Trinajstić information content (AvgIpc) is 2.34. The Morgan fingerprint density at radius 2 is 2.24 bits per heavy atom. The summed E-state index contributed by atoms with van der Waals surface area (Å²) in [4.78, 5) is 0. The van der Waals surface area contributed by atoms with Gasteiger partial charge in [0.1, 0.15) is 11.6 Å². The number of hydrogen-bond donors (Lipinski definition) is 1. The summed E-state index contributed by atoms with van der Waals surface area (Å²) in [5.41, 5.74) is 0.716. The molecule has 1 aromatic rings. The highest BCUT2D eigenvalue weighted by atomic mass is 32.2. The summed E-state index contributed by atoms with van der Waals surface area (Å²) in [5, 5.41) is 3.36. The van der Waals surface area contributed by atoms with Crippen LogP contribution in [0.4, 0.5) is 4.39 Å². The van der Waals surface area contributed by atoms with E-state index in [-0.39, 0.29) is 11.9 Å². The van der Waals surface area contributed by atoms with Crippen molar-refractivity contribution < 1.29 is 9.13 Å². The van der Waals surface area contributed by atoms with E-state index >= 15 is 0 Å². The van der Waals surface area contributed by atoms with Crippen LogP contribution < -0.4 is 10.1 Å². The fourth-order valence-electron chi connectivity index (χ4n) is 1.66. The highest BCUT2D eigenvalue weighted by Crippen LogP contribution is 2.24. The molecule has 1 aromatic carbocycles. The number of hydrogen-bond acceptors (Lipinski definition) is 3. The topological polar surface area (TPSA) is 21.3 Å². The Kier molecular flexibility index (Phi) is 6.37. The molecule has 2 nitrogen and oxygen atoms in total. The largest absolute Gasteiger partial charge is 0.497 e. The molecular formula is C13H20FNOS. The van der Waals surface area contributed by atoms with E-state index in [2.05, 4.69) is 12.2 Å². The fourth-order valence-corrected chi connectivity index (χ4v) is 2.29. The van der Waals surface area contributed by atoms with Crippen molar-refractivity contribution in [2.75, 3.05) is 25.7 Å². The van der Waals surface area contributed by atoms with Crippen LogP contribution in [0.5, 0.6) is 5.75 Å². The van der Waals surface area contributed by atoms with Gasteiger partial charge < -0.3 is 10.1 Å². The Bertz CT molecular complexity index is 346. The zero-order valence-corrected chi connectivity index (χ0v) is 11.4. The first kappa shape index (κ1) is 14.3. The molecule has 96 valence electrons. The number of nitrogens with one attached hydrogen (secondary N) is 1. The summed E-state index contributed by atoms with van der Waals surface area (Å²) in [6.07, 6.45) is 3.07. The summed E-state index contributed by atoms with van der Waals surface area (Å²) in [5.74, 6) is 1.22. The second kappa shape index (κ2) is 7.56. The van der Waals surface area contributed by atoms with Gasteiger partial charge in [-0.25, -0.2) is 4.39 Å². The van der Waals surface area contributed by atoms with Crippen LogP contribution in [-0.4, -0.2) is 25.7 Å². The smallest absolute Gasteiger partial charge is 0.131 e. The van der Waals surface area contributed by atoms with Crippen LogP contribution >= 0.6 is 11.8 Å². The average molecular weight is 257 g/mol. The molecule has 0 amide bonds. The molecule has 1 N–H and O–H groups in total. The molecule has 0 aromatic heterocycles. The lowest BCUT2D eigenvalue weighted by atomic mass is 10.1. The molecule has 0 fully saturated rings. The highest BCUT2D eigenvalue weighted by molar-refractivity contribution is 7.98. The van der Waals surface area contributed by atoms with Gasteiger partial charge in [0.25, 0.3) is 0 Å². The van der Waals surface area contributed by atoms with Crippen molar-refractivity contribution in [2.45, 2.75) is 19.4 Å². The van der Waals surface area contributed by atoms with E-state index in [1.165, 1.54) is 6.07 Å². The van der Waals surface area contributed by atoms with Gasteiger partial charge in [-0.15, -0.1) is 0 Å². The van der Waals surface area contributed by atoms with Gasteiger partial charge in [-0.3, -0.25) is 0 Å². The van der Waals surface area contributed by atoms with Crippen LogP contribution in [0.15, 0.2) is 18.2 Å². The van der Waals surface area contributed by atoms with Crippen LogP contribution in [0, 0.1) is 5.82 Å². The Morgan fingerprint density at radius 3 is 2.76 bits per heavy atom. The number of thioether (sulfide) groups is 1. The van der Waals surface area contributed by atoms with Crippen molar-refractivity contribution in [3.05, 3.63) is 29.6 Å². The molecule has 0 aliphatic rings. The van der Waals surface area contributed by atoms with E-state index < -0.39 is 0 Å². The lowest BCUT2D eigenvalue weighted by Crippen LogP contribution is -2.25. The fraction of sp³-hybridized carbons (Fsp3) is 0.538. The Labute approximate surface area is 107 Å². The van der Waals surface area contributed by atoms with Gasteiger partial charge in [0.15, 0.2) is 0 Å². The molecule has 0 aliphatic carbocycles. The van der Waals surface area contributed by atoms with Crippen LogP contribution in [-0.2, 0) is 0 Å². The maximum Gasteiger partial charge on any atom is 0.131 e. The lowest BCUT2D eigenvalue weighted by Gasteiger charge is -2.19. The van der Waals surface area contributed by atoms with E-state index in [1.54, 1.807) is 31.0 Å². The molecule has 1 rings (SSSR count). The molecule has 0 spiro atoms. The summed E-state index contributed by atoms with van der Waals surface area (Å²) in [7, 11) is 1.54. The second-order valence-electron chi connectivity index (χ2n) is 3.85. The third-order valence-corrected chi connectivity index (χ3v) is 3.22. The SMILES string of the molecule is CCCNC(CSC)c1ccc(OC)cc1F. The van der Waals surface area contributed by atoms with Crippen molar-refractivity contribution in [3.63, 3.8) is 0 Å². The van der Waals surface area contributed by atoms with Crippen LogP contribution in [0.3, 0.4) is 0 Å². The lowest BCUT2D eigenvalue weighted by molar-refractivity contribution is 0.409. The zero-order chi connectivity index (χ0) is 12.7. The van der Waals surface area contributed by atoms with Crippen LogP contribution in [0.25, 0.3) is 0 Å². The van der Waals surface area contributed by atoms with Gasteiger partial charge in [-0.2, -0.15) is 11.8 Å². The first-order valence-electron chi connectivity index (χ1n) is 5.78. The summed E-state index contributed by atoms with van der Waals surface area (Å²) in [6, 6.07) is 5.11. The van der Waals surface area contributed by atoms with Gasteiger partial charge in [0.05, 0.1) is 7.11 Å². The molecule has 0 radical (unpaired) electrons. The molecule has 0 heterocycles. The Morgan fingerprint density at radius 1 is 1.47 bits per heavy atom. The minimum atomic E-state index is -0.202. The summed E-state index contributed by atoms with van der Waals surface area (Å²) in [6.45, 7) is 3.00. The molecule has 0 aliphatic heterocycles. The van der Waals surface area contributed by atoms with Crippen molar-refractivity contribution >= 4 is 11.8 Å². The first-order chi connectivity index (χ1) is 8.22. The summed E-state index contributed by atoms with van der Waals surface area (Å²) >= 11 is 1.71. The van der Waals surface area contributed by atoms with Crippen molar-refractivity contribution in [3.8, 4) is 5.75 Å². The van der Waals surface area contributed by atoms with E-state index in [0.717, 1.165) is 18.7 Å². The Hall–Kier alpha value is -0.740. The molecule has 0 saturated heterocycles. The minimum Gasteiger partial charge on any atom is -0.497 e. The van der Waals surface area contributed by atoms with Crippen molar-refractivity contribution in [1.29, 1.82) is 0 Å². The Balaban J connectivity index is 2.85. The maximum atomic E-state index is 13.9. The van der Waals surface area contributed by atoms with Gasteiger partial charge in [0, 0.05) is 23.4 Å². The van der Waals surface area contributed by atoms with E-state index in [1.807, 2.05) is 6.26 Å². The molecule has 4 heteroatoms. The number of methoxy groups -OCH3 is 1.